The Morgan fingerprint density at radius 1 is 1.25 bits per heavy atom. The van der Waals surface area contributed by atoms with Gasteiger partial charge in [0.05, 0.1) is 23.5 Å². The lowest BCUT2D eigenvalue weighted by atomic mass is 9.86. The highest BCUT2D eigenvalue weighted by Gasteiger charge is 2.22. The number of rotatable bonds is 10. The number of halogens is 1. The summed E-state index contributed by atoms with van der Waals surface area (Å²) >= 11 is 0. The minimum Gasteiger partial charge on any atom is -0.380 e. The number of benzene rings is 1. The molecule has 0 saturated carbocycles. The van der Waals surface area contributed by atoms with Crippen LogP contribution >= 0.6 is 0 Å². The first-order chi connectivity index (χ1) is 20.9. The van der Waals surface area contributed by atoms with Gasteiger partial charge < -0.3 is 25.3 Å². The van der Waals surface area contributed by atoms with E-state index in [1.54, 1.807) is 19.3 Å². The van der Waals surface area contributed by atoms with Gasteiger partial charge in [-0.1, -0.05) is 45.9 Å². The summed E-state index contributed by atoms with van der Waals surface area (Å²) in [5.74, 6) is -0.543. The minimum absolute atomic E-state index is 0.00268. The number of ether oxygens (including phenoxy) is 1. The summed E-state index contributed by atoms with van der Waals surface area (Å²) in [7, 11) is 1.69. The van der Waals surface area contributed by atoms with Crippen LogP contribution in [0.15, 0.2) is 82.4 Å². The summed E-state index contributed by atoms with van der Waals surface area (Å²) in [4.78, 5) is 31.0. The van der Waals surface area contributed by atoms with Crippen LogP contribution in [-0.2, 0) is 17.2 Å². The molecule has 9 heteroatoms. The molecule has 2 heterocycles. The second-order valence-electron chi connectivity index (χ2n) is 12.7. The van der Waals surface area contributed by atoms with E-state index in [4.69, 9.17) is 9.72 Å². The van der Waals surface area contributed by atoms with Crippen LogP contribution in [0.2, 0.25) is 0 Å². The Labute approximate surface area is 260 Å². The number of allylic oxidation sites excluding steroid dienone is 4. The maximum absolute atomic E-state index is 14.6. The molecule has 1 fully saturated rings. The van der Waals surface area contributed by atoms with Gasteiger partial charge in [0.2, 0.25) is 0 Å². The fraction of sp³-hybridized carbons (Fsp3) is 0.457. The van der Waals surface area contributed by atoms with Crippen molar-refractivity contribution in [2.45, 2.75) is 84.3 Å². The van der Waals surface area contributed by atoms with E-state index in [1.165, 1.54) is 10.6 Å². The number of aryl methyl sites for hydroxylation is 1. The summed E-state index contributed by atoms with van der Waals surface area (Å²) in [6.45, 7) is 13.5. The van der Waals surface area contributed by atoms with E-state index >= 15 is 0 Å². The van der Waals surface area contributed by atoms with Gasteiger partial charge in [0, 0.05) is 43.6 Å². The summed E-state index contributed by atoms with van der Waals surface area (Å²) in [6.07, 6.45) is 11.2. The van der Waals surface area contributed by atoms with Crippen molar-refractivity contribution in [3.8, 4) is 0 Å². The number of hydrogen-bond acceptors (Lipinski definition) is 6. The SMILES string of the molecule is C/C=C\C(NC(=O)c1ccc(C(C)(C)C)cc1)=C(\C)C(C)c1cn(C)c(=O)c(NC2C=C(NCC3CCCO3)C(F)=CC2)n1. The summed E-state index contributed by atoms with van der Waals surface area (Å²) < 4.78 is 21.7. The Kier molecular flexibility index (Phi) is 10.6. The molecule has 4 rings (SSSR count). The molecule has 8 nitrogen and oxygen atoms in total. The van der Waals surface area contributed by atoms with E-state index in [0.717, 1.165) is 30.6 Å². The smallest absolute Gasteiger partial charge is 0.293 e. The van der Waals surface area contributed by atoms with E-state index in [0.29, 0.717) is 35.6 Å². The lowest BCUT2D eigenvalue weighted by Gasteiger charge is -2.23. The maximum atomic E-state index is 14.6. The van der Waals surface area contributed by atoms with Crippen molar-refractivity contribution in [2.24, 2.45) is 7.05 Å². The molecular formula is C35H46FN5O3. The molecule has 1 aliphatic heterocycles. The van der Waals surface area contributed by atoms with Gasteiger partial charge in [-0.15, -0.1) is 0 Å². The van der Waals surface area contributed by atoms with Crippen LogP contribution in [0.5, 0.6) is 0 Å². The molecule has 44 heavy (non-hydrogen) atoms. The van der Waals surface area contributed by atoms with E-state index in [1.807, 2.05) is 57.2 Å². The highest BCUT2D eigenvalue weighted by Crippen LogP contribution is 2.27. The fourth-order valence-electron chi connectivity index (χ4n) is 5.28. The molecule has 3 unspecified atom stereocenters. The van der Waals surface area contributed by atoms with Crippen molar-refractivity contribution >= 4 is 11.7 Å². The van der Waals surface area contributed by atoms with Crippen molar-refractivity contribution in [3.63, 3.8) is 0 Å². The normalized spacial score (nSPS) is 20.1. The van der Waals surface area contributed by atoms with Crippen LogP contribution in [0.4, 0.5) is 10.2 Å². The van der Waals surface area contributed by atoms with E-state index in [-0.39, 0.29) is 46.6 Å². The number of carbonyl (C=O) groups is 1. The third-order valence-electron chi connectivity index (χ3n) is 8.24. The number of nitrogens with zero attached hydrogens (tertiary/aromatic N) is 2. The van der Waals surface area contributed by atoms with Gasteiger partial charge in [-0.3, -0.25) is 9.59 Å². The fourth-order valence-corrected chi connectivity index (χ4v) is 5.28. The highest BCUT2D eigenvalue weighted by molar-refractivity contribution is 5.95. The average Bonchev–Trinajstić information content (AvgIpc) is 3.52. The third kappa shape index (κ3) is 8.14. The van der Waals surface area contributed by atoms with E-state index < -0.39 is 0 Å². The average molecular weight is 604 g/mol. The first-order valence-corrected chi connectivity index (χ1v) is 15.4. The summed E-state index contributed by atoms with van der Waals surface area (Å²) in [5.41, 5.74) is 4.07. The molecule has 3 N–H and O–H groups in total. The lowest BCUT2D eigenvalue weighted by Crippen LogP contribution is -2.32. The Hall–Kier alpha value is -3.98. The molecule has 3 atom stereocenters. The van der Waals surface area contributed by atoms with Gasteiger partial charge in [0.1, 0.15) is 5.83 Å². The molecule has 0 radical (unpaired) electrons. The van der Waals surface area contributed by atoms with Crippen LogP contribution < -0.4 is 21.5 Å². The van der Waals surface area contributed by atoms with Gasteiger partial charge in [-0.05, 0) is 80.0 Å². The molecule has 1 saturated heterocycles. The van der Waals surface area contributed by atoms with Crippen molar-refractivity contribution < 1.29 is 13.9 Å². The number of aromatic nitrogens is 2. The Balaban J connectivity index is 1.53. The first kappa shape index (κ1) is 32.9. The number of nitrogens with one attached hydrogen (secondary N) is 3. The van der Waals surface area contributed by atoms with Crippen LogP contribution in [0.1, 0.15) is 88.3 Å². The largest absolute Gasteiger partial charge is 0.380 e. The van der Waals surface area contributed by atoms with Gasteiger partial charge in [-0.2, -0.15) is 0 Å². The predicted molar refractivity (Wildman–Crippen MR) is 174 cm³/mol. The quantitative estimate of drug-likeness (QED) is 0.282. The monoisotopic (exact) mass is 603 g/mol. The van der Waals surface area contributed by atoms with E-state index in [9.17, 15) is 14.0 Å². The molecular weight excluding hydrogens is 557 g/mol. The standard InChI is InChI=1S/C35H46FN5O3/c1-8-10-29(40-33(42)24-12-14-25(15-13-24)35(4,5)6)22(2)23(3)31-21-41(7)34(43)32(39-31)38-26-16-17-28(36)30(19-26)37-20-27-11-9-18-44-27/h8,10,12-15,17,19,21,23,26-27,37H,9,11,16,18,20H2,1-7H3,(H,38,39)(H,40,42)/b10-8-,29-22+. The zero-order valence-corrected chi connectivity index (χ0v) is 27.0. The topological polar surface area (TPSA) is 97.3 Å². The molecule has 236 valence electrons. The second kappa shape index (κ2) is 14.2. The lowest BCUT2D eigenvalue weighted by molar-refractivity contribution is 0.0966. The molecule has 0 bridgehead atoms. The zero-order chi connectivity index (χ0) is 32.0. The molecule has 2 aliphatic rings. The number of hydrogen-bond donors (Lipinski definition) is 3. The van der Waals surface area contributed by atoms with Crippen LogP contribution in [-0.4, -0.2) is 40.8 Å². The highest BCUT2D eigenvalue weighted by atomic mass is 19.1. The summed E-state index contributed by atoms with van der Waals surface area (Å²) in [6, 6.07) is 7.35. The van der Waals surface area contributed by atoms with E-state index in [2.05, 4.69) is 36.7 Å². The number of carbonyl (C=O) groups excluding carboxylic acids is 1. The van der Waals surface area contributed by atoms with Gasteiger partial charge >= 0.3 is 0 Å². The Morgan fingerprint density at radius 3 is 2.61 bits per heavy atom. The second-order valence-corrected chi connectivity index (χ2v) is 12.7. The third-order valence-corrected chi connectivity index (χ3v) is 8.24. The Morgan fingerprint density at radius 2 is 1.98 bits per heavy atom. The first-order valence-electron chi connectivity index (χ1n) is 15.4. The van der Waals surface area contributed by atoms with Crippen LogP contribution in [0.3, 0.4) is 0 Å². The maximum Gasteiger partial charge on any atom is 0.293 e. The molecule has 2 aromatic rings. The molecule has 1 aliphatic carbocycles. The van der Waals surface area contributed by atoms with Crippen molar-refractivity contribution in [2.75, 3.05) is 18.5 Å². The van der Waals surface area contributed by atoms with Gasteiger partial charge in [0.25, 0.3) is 11.5 Å². The van der Waals surface area contributed by atoms with Crippen molar-refractivity contribution in [3.05, 3.63) is 105 Å². The number of amides is 1. The summed E-state index contributed by atoms with van der Waals surface area (Å²) in [5, 5.41) is 9.45. The van der Waals surface area contributed by atoms with Crippen molar-refractivity contribution in [1.29, 1.82) is 0 Å². The Bertz CT molecular complexity index is 1520. The van der Waals surface area contributed by atoms with Crippen LogP contribution in [0.25, 0.3) is 0 Å². The molecule has 1 amide bonds. The van der Waals surface area contributed by atoms with Crippen LogP contribution in [0, 0.1) is 0 Å². The predicted octanol–water partition coefficient (Wildman–Crippen LogP) is 6.15. The van der Waals surface area contributed by atoms with Crippen molar-refractivity contribution in [1.82, 2.24) is 20.2 Å². The van der Waals surface area contributed by atoms with Gasteiger partial charge in [0.15, 0.2) is 5.82 Å². The van der Waals surface area contributed by atoms with Gasteiger partial charge in [-0.25, -0.2) is 9.37 Å². The molecule has 1 aromatic heterocycles. The number of anilines is 1. The minimum atomic E-state index is -0.313. The molecule has 1 aromatic carbocycles. The zero-order valence-electron chi connectivity index (χ0n) is 27.0. The molecule has 0 spiro atoms.